The second-order valence-corrected chi connectivity index (χ2v) is 2.80. The van der Waals surface area contributed by atoms with Crippen LogP contribution in [0.1, 0.15) is 11.5 Å². The predicted octanol–water partition coefficient (Wildman–Crippen LogP) is 1.40. The highest BCUT2D eigenvalue weighted by Gasteiger charge is 2.14. The Hall–Kier alpha value is -1.60. The van der Waals surface area contributed by atoms with Gasteiger partial charge in [-0.1, -0.05) is 0 Å². The van der Waals surface area contributed by atoms with Crippen molar-refractivity contribution in [3.05, 3.63) is 29.6 Å². The average Bonchev–Trinajstić information content (AvgIpc) is 2.20. The molecule has 1 aromatic rings. The summed E-state index contributed by atoms with van der Waals surface area (Å²) in [7, 11) is 1.47. The molecule has 0 aliphatic rings. The summed E-state index contributed by atoms with van der Waals surface area (Å²) in [6, 6.07) is 6.05. The van der Waals surface area contributed by atoms with Crippen LogP contribution < -0.4 is 10.5 Å². The molecule has 0 saturated heterocycles. The van der Waals surface area contributed by atoms with Crippen LogP contribution in [0.4, 0.5) is 4.39 Å². The van der Waals surface area contributed by atoms with E-state index in [1.54, 1.807) is 0 Å². The summed E-state index contributed by atoms with van der Waals surface area (Å²) in [4.78, 5) is 0. The lowest BCUT2D eigenvalue weighted by Gasteiger charge is -2.11. The topological polar surface area (TPSA) is 59.0 Å². The third-order valence-corrected chi connectivity index (χ3v) is 1.96. The lowest BCUT2D eigenvalue weighted by Crippen LogP contribution is -2.11. The van der Waals surface area contributed by atoms with E-state index in [0.29, 0.717) is 11.3 Å². The van der Waals surface area contributed by atoms with Crippen LogP contribution in [0.25, 0.3) is 0 Å². The van der Waals surface area contributed by atoms with Crippen molar-refractivity contribution in [3.8, 4) is 11.8 Å². The molecule has 0 bridgehead atoms. The van der Waals surface area contributed by atoms with Crippen molar-refractivity contribution in [1.82, 2.24) is 0 Å². The second-order valence-electron chi connectivity index (χ2n) is 2.80. The van der Waals surface area contributed by atoms with Crippen LogP contribution in [0, 0.1) is 17.1 Å². The van der Waals surface area contributed by atoms with Crippen molar-refractivity contribution in [2.75, 3.05) is 13.7 Å². The molecular weight excluding hydrogens is 183 g/mol. The Labute approximate surface area is 81.9 Å². The number of halogens is 1. The Morgan fingerprint density at radius 2 is 2.36 bits per heavy atom. The molecule has 0 amide bonds. The molecule has 1 unspecified atom stereocenters. The highest BCUT2D eigenvalue weighted by Crippen LogP contribution is 2.26. The molecule has 14 heavy (non-hydrogen) atoms. The minimum atomic E-state index is -0.527. The number of nitrogens with zero attached hydrogens (tertiary/aromatic N) is 1. The molecule has 3 nitrogen and oxygen atoms in total. The van der Waals surface area contributed by atoms with Crippen molar-refractivity contribution in [1.29, 1.82) is 5.26 Å². The number of benzene rings is 1. The minimum Gasteiger partial charge on any atom is -0.496 e. The molecule has 1 rings (SSSR count). The van der Waals surface area contributed by atoms with Crippen LogP contribution in [-0.2, 0) is 0 Å². The van der Waals surface area contributed by atoms with E-state index in [1.165, 1.54) is 25.3 Å². The first-order valence-electron chi connectivity index (χ1n) is 4.16. The fourth-order valence-electron chi connectivity index (χ4n) is 1.23. The smallest absolute Gasteiger partial charge is 0.123 e. The summed E-state index contributed by atoms with van der Waals surface area (Å²) in [5.74, 6) is -0.432. The molecule has 0 aliphatic carbocycles. The number of rotatable bonds is 3. The number of nitriles is 1. The third kappa shape index (κ3) is 2.01. The highest BCUT2D eigenvalue weighted by molar-refractivity contribution is 5.39. The zero-order valence-corrected chi connectivity index (χ0v) is 7.83. The molecule has 74 valence electrons. The van der Waals surface area contributed by atoms with E-state index in [4.69, 9.17) is 15.7 Å². The van der Waals surface area contributed by atoms with Crippen molar-refractivity contribution >= 4 is 0 Å². The lowest BCUT2D eigenvalue weighted by atomic mass is 10.00. The van der Waals surface area contributed by atoms with Crippen molar-refractivity contribution < 1.29 is 9.13 Å². The molecule has 0 fully saturated rings. The van der Waals surface area contributed by atoms with Gasteiger partial charge in [0.1, 0.15) is 11.6 Å². The first-order valence-corrected chi connectivity index (χ1v) is 4.16. The van der Waals surface area contributed by atoms with Gasteiger partial charge >= 0.3 is 0 Å². The van der Waals surface area contributed by atoms with Gasteiger partial charge in [-0.05, 0) is 18.2 Å². The first kappa shape index (κ1) is 10.5. The molecule has 0 heterocycles. The largest absolute Gasteiger partial charge is 0.496 e. The Balaban J connectivity index is 3.16. The van der Waals surface area contributed by atoms with Gasteiger partial charge in [-0.2, -0.15) is 5.26 Å². The van der Waals surface area contributed by atoms with E-state index < -0.39 is 11.7 Å². The normalized spacial score (nSPS) is 11.9. The maximum absolute atomic E-state index is 12.9. The van der Waals surface area contributed by atoms with E-state index in [1.807, 2.05) is 6.07 Å². The van der Waals surface area contributed by atoms with Crippen LogP contribution >= 0.6 is 0 Å². The van der Waals surface area contributed by atoms with Gasteiger partial charge in [-0.15, -0.1) is 0 Å². The van der Waals surface area contributed by atoms with Gasteiger partial charge in [0, 0.05) is 12.1 Å². The van der Waals surface area contributed by atoms with Crippen molar-refractivity contribution in [2.24, 2.45) is 5.73 Å². The fraction of sp³-hybridized carbons (Fsp3) is 0.300. The zero-order valence-electron chi connectivity index (χ0n) is 7.83. The van der Waals surface area contributed by atoms with E-state index in [2.05, 4.69) is 0 Å². The summed E-state index contributed by atoms with van der Waals surface area (Å²) < 4.78 is 17.9. The Kier molecular flexibility index (Phi) is 3.43. The number of methoxy groups -OCH3 is 1. The molecule has 0 saturated carbocycles. The number of hydrogen-bond acceptors (Lipinski definition) is 3. The van der Waals surface area contributed by atoms with Crippen LogP contribution in [0.15, 0.2) is 18.2 Å². The molecule has 0 aliphatic heterocycles. The Morgan fingerprint density at radius 1 is 1.64 bits per heavy atom. The molecule has 0 radical (unpaired) electrons. The first-order chi connectivity index (χ1) is 6.72. The summed E-state index contributed by atoms with van der Waals surface area (Å²) >= 11 is 0. The van der Waals surface area contributed by atoms with E-state index >= 15 is 0 Å². The summed E-state index contributed by atoms with van der Waals surface area (Å²) in [6.45, 7) is 0.149. The van der Waals surface area contributed by atoms with Crippen LogP contribution in [0.5, 0.6) is 5.75 Å². The Morgan fingerprint density at radius 3 is 2.86 bits per heavy atom. The van der Waals surface area contributed by atoms with Gasteiger partial charge in [0.05, 0.1) is 19.1 Å². The van der Waals surface area contributed by atoms with Crippen molar-refractivity contribution in [3.63, 3.8) is 0 Å². The summed E-state index contributed by atoms with van der Waals surface area (Å²) in [5, 5.41) is 8.78. The van der Waals surface area contributed by atoms with Gasteiger partial charge in [0.25, 0.3) is 0 Å². The molecule has 0 spiro atoms. The van der Waals surface area contributed by atoms with Gasteiger partial charge < -0.3 is 10.5 Å². The number of nitrogens with two attached hydrogens (primary N) is 1. The Bertz CT molecular complexity index is 360. The summed E-state index contributed by atoms with van der Waals surface area (Å²) in [5.41, 5.74) is 5.89. The quantitative estimate of drug-likeness (QED) is 0.791. The highest BCUT2D eigenvalue weighted by atomic mass is 19.1. The summed E-state index contributed by atoms with van der Waals surface area (Å²) in [6.07, 6.45) is 0. The van der Waals surface area contributed by atoms with Crippen LogP contribution in [0.3, 0.4) is 0 Å². The third-order valence-electron chi connectivity index (χ3n) is 1.96. The van der Waals surface area contributed by atoms with Gasteiger partial charge in [-0.25, -0.2) is 4.39 Å². The molecule has 4 heteroatoms. The maximum Gasteiger partial charge on any atom is 0.123 e. The number of ether oxygens (including phenoxy) is 1. The van der Waals surface area contributed by atoms with Gasteiger partial charge in [0.2, 0.25) is 0 Å². The lowest BCUT2D eigenvalue weighted by molar-refractivity contribution is 0.407. The monoisotopic (exact) mass is 194 g/mol. The molecule has 1 aromatic carbocycles. The minimum absolute atomic E-state index is 0.149. The molecule has 2 N–H and O–H groups in total. The van der Waals surface area contributed by atoms with Crippen LogP contribution in [-0.4, -0.2) is 13.7 Å². The standard InChI is InChI=1S/C10H11FN2O/c1-14-10-3-2-8(11)4-9(10)7(5-12)6-13/h2-4,7H,5,12H2,1H3. The second kappa shape index (κ2) is 4.58. The predicted molar refractivity (Wildman–Crippen MR) is 50.4 cm³/mol. The van der Waals surface area contributed by atoms with E-state index in [9.17, 15) is 4.39 Å². The van der Waals surface area contributed by atoms with E-state index in [-0.39, 0.29) is 6.54 Å². The van der Waals surface area contributed by atoms with Gasteiger partial charge in [-0.3, -0.25) is 0 Å². The van der Waals surface area contributed by atoms with Crippen LogP contribution in [0.2, 0.25) is 0 Å². The molecule has 0 aromatic heterocycles. The zero-order chi connectivity index (χ0) is 10.6. The maximum atomic E-state index is 12.9. The average molecular weight is 194 g/mol. The SMILES string of the molecule is COc1ccc(F)cc1C(C#N)CN. The van der Waals surface area contributed by atoms with E-state index in [0.717, 1.165) is 0 Å². The fourth-order valence-corrected chi connectivity index (χ4v) is 1.23. The van der Waals surface area contributed by atoms with Crippen molar-refractivity contribution in [2.45, 2.75) is 5.92 Å². The molecular formula is C10H11FN2O. The number of hydrogen-bond donors (Lipinski definition) is 1. The molecule has 1 atom stereocenters. The van der Waals surface area contributed by atoms with Gasteiger partial charge in [0.15, 0.2) is 0 Å².